The van der Waals surface area contributed by atoms with Crippen LogP contribution in [-0.4, -0.2) is 41.9 Å². The maximum atomic E-state index is 12.8. The largest absolute Gasteiger partial charge is 0.407 e. The number of rotatable bonds is 6. The molecule has 0 saturated carbocycles. The SMILES string of the molecule is O=C(Nc1nnc(Cc2ccccc2)o1)C1CCCN(S(=O)(=O)c2ccc(Cl)s2)C1. The molecule has 1 unspecified atom stereocenters. The van der Waals surface area contributed by atoms with E-state index in [2.05, 4.69) is 15.5 Å². The fourth-order valence-corrected chi connectivity index (χ4v) is 6.45. The summed E-state index contributed by atoms with van der Waals surface area (Å²) in [6.07, 6.45) is 1.62. The molecule has 30 heavy (non-hydrogen) atoms. The van der Waals surface area contributed by atoms with Gasteiger partial charge < -0.3 is 4.42 Å². The molecule has 1 aliphatic rings. The van der Waals surface area contributed by atoms with Gasteiger partial charge in [0, 0.05) is 13.1 Å². The summed E-state index contributed by atoms with van der Waals surface area (Å²) in [6.45, 7) is 0.456. The molecule has 0 bridgehead atoms. The lowest BCUT2D eigenvalue weighted by Gasteiger charge is -2.30. The summed E-state index contributed by atoms with van der Waals surface area (Å²) in [6, 6.07) is 12.7. The first-order chi connectivity index (χ1) is 14.4. The van der Waals surface area contributed by atoms with E-state index in [1.54, 1.807) is 6.07 Å². The van der Waals surface area contributed by atoms with Crippen molar-refractivity contribution in [1.82, 2.24) is 14.5 Å². The molecule has 1 amide bonds. The lowest BCUT2D eigenvalue weighted by atomic mass is 9.99. The van der Waals surface area contributed by atoms with Gasteiger partial charge in [-0.15, -0.1) is 16.4 Å². The molecule has 11 heteroatoms. The summed E-state index contributed by atoms with van der Waals surface area (Å²) in [7, 11) is -3.67. The molecule has 0 aliphatic carbocycles. The number of piperidine rings is 1. The Morgan fingerprint density at radius 3 is 2.77 bits per heavy atom. The van der Waals surface area contributed by atoms with Gasteiger partial charge in [-0.1, -0.05) is 47.0 Å². The minimum atomic E-state index is -3.67. The zero-order valence-corrected chi connectivity index (χ0v) is 18.2. The first kappa shape index (κ1) is 21.0. The Labute approximate surface area is 182 Å². The average Bonchev–Trinajstić information content (AvgIpc) is 3.38. The third-order valence-corrected chi connectivity index (χ3v) is 8.36. The zero-order chi connectivity index (χ0) is 21.1. The van der Waals surface area contributed by atoms with E-state index in [9.17, 15) is 13.2 Å². The van der Waals surface area contributed by atoms with Gasteiger partial charge in [0.15, 0.2) is 0 Å². The molecule has 1 aromatic carbocycles. The van der Waals surface area contributed by atoms with Gasteiger partial charge in [0.05, 0.1) is 16.7 Å². The quantitative estimate of drug-likeness (QED) is 0.596. The Morgan fingerprint density at radius 1 is 1.23 bits per heavy atom. The second-order valence-corrected chi connectivity index (χ2v) is 10.8. The van der Waals surface area contributed by atoms with Crippen molar-refractivity contribution < 1.29 is 17.6 Å². The highest BCUT2D eigenvalue weighted by Crippen LogP contribution is 2.30. The summed E-state index contributed by atoms with van der Waals surface area (Å²) < 4.78 is 33.0. The predicted molar refractivity (Wildman–Crippen MR) is 113 cm³/mol. The summed E-state index contributed by atoms with van der Waals surface area (Å²) in [5.41, 5.74) is 1.01. The van der Waals surface area contributed by atoms with Crippen molar-refractivity contribution in [2.24, 2.45) is 5.92 Å². The summed E-state index contributed by atoms with van der Waals surface area (Å²) in [4.78, 5) is 12.7. The van der Waals surface area contributed by atoms with E-state index in [0.29, 0.717) is 36.0 Å². The Hall–Kier alpha value is -2.27. The van der Waals surface area contributed by atoms with Crippen molar-refractivity contribution in [1.29, 1.82) is 0 Å². The van der Waals surface area contributed by atoms with Crippen LogP contribution in [0.25, 0.3) is 0 Å². The molecule has 2 aromatic heterocycles. The highest BCUT2D eigenvalue weighted by molar-refractivity contribution is 7.91. The lowest BCUT2D eigenvalue weighted by Crippen LogP contribution is -2.43. The number of carbonyl (C=O) groups excluding carboxylic acids is 1. The molecule has 8 nitrogen and oxygen atoms in total. The van der Waals surface area contributed by atoms with Crippen LogP contribution in [0.15, 0.2) is 51.1 Å². The fraction of sp³-hybridized carbons (Fsp3) is 0.316. The van der Waals surface area contributed by atoms with Crippen molar-refractivity contribution in [3.63, 3.8) is 0 Å². The first-order valence-electron chi connectivity index (χ1n) is 9.34. The normalized spacial score (nSPS) is 17.7. The van der Waals surface area contributed by atoms with Crippen molar-refractivity contribution in [3.8, 4) is 0 Å². The number of benzene rings is 1. The van der Waals surface area contributed by atoms with Crippen molar-refractivity contribution in [3.05, 3.63) is 58.3 Å². The molecule has 1 saturated heterocycles. The molecule has 158 valence electrons. The van der Waals surface area contributed by atoms with E-state index in [4.69, 9.17) is 16.0 Å². The highest BCUT2D eigenvalue weighted by Gasteiger charge is 2.34. The van der Waals surface area contributed by atoms with Crippen LogP contribution in [-0.2, 0) is 21.2 Å². The predicted octanol–water partition coefficient (Wildman–Crippen LogP) is 3.41. The number of halogens is 1. The molecule has 1 fully saturated rings. The number of anilines is 1. The molecule has 0 radical (unpaired) electrons. The monoisotopic (exact) mass is 466 g/mol. The summed E-state index contributed by atoms with van der Waals surface area (Å²) >= 11 is 6.88. The second kappa shape index (κ2) is 8.84. The van der Waals surface area contributed by atoms with Crippen LogP contribution in [0.5, 0.6) is 0 Å². The van der Waals surface area contributed by atoms with Crippen LogP contribution in [0, 0.1) is 5.92 Å². The standard InChI is InChI=1S/C19H19ClN4O4S2/c20-15-8-9-17(29-15)30(26,27)24-10-4-7-14(12-24)18(25)21-19-23-22-16(28-19)11-13-5-2-1-3-6-13/h1-3,5-6,8-9,14H,4,7,10-12H2,(H,21,23,25). The maximum Gasteiger partial charge on any atom is 0.322 e. The number of hydrogen-bond acceptors (Lipinski definition) is 7. The van der Waals surface area contributed by atoms with E-state index in [-0.39, 0.29) is 22.7 Å². The van der Waals surface area contributed by atoms with Crippen LogP contribution in [0.1, 0.15) is 24.3 Å². The topological polar surface area (TPSA) is 105 Å². The summed E-state index contributed by atoms with van der Waals surface area (Å²) in [5, 5.41) is 10.4. The smallest absolute Gasteiger partial charge is 0.322 e. The molecule has 4 rings (SSSR count). The lowest BCUT2D eigenvalue weighted by molar-refractivity contribution is -0.121. The van der Waals surface area contributed by atoms with Gasteiger partial charge in [-0.2, -0.15) is 4.31 Å². The van der Waals surface area contributed by atoms with Gasteiger partial charge in [-0.05, 0) is 30.5 Å². The maximum absolute atomic E-state index is 12.8. The molecular weight excluding hydrogens is 448 g/mol. The van der Waals surface area contributed by atoms with Crippen LogP contribution in [0.4, 0.5) is 6.01 Å². The van der Waals surface area contributed by atoms with Crippen LogP contribution < -0.4 is 5.32 Å². The highest BCUT2D eigenvalue weighted by atomic mass is 35.5. The Balaban J connectivity index is 1.39. The number of nitrogens with one attached hydrogen (secondary N) is 1. The molecular formula is C19H19ClN4O4S2. The van der Waals surface area contributed by atoms with Gasteiger partial charge in [0.1, 0.15) is 4.21 Å². The van der Waals surface area contributed by atoms with Crippen LogP contribution in [0.2, 0.25) is 4.34 Å². The minimum absolute atomic E-state index is 0.0101. The molecule has 3 aromatic rings. The molecule has 1 aliphatic heterocycles. The van der Waals surface area contributed by atoms with Gasteiger partial charge in [-0.25, -0.2) is 8.42 Å². The van der Waals surface area contributed by atoms with Crippen molar-refractivity contribution in [2.45, 2.75) is 23.5 Å². The van der Waals surface area contributed by atoms with E-state index in [1.807, 2.05) is 30.3 Å². The zero-order valence-electron chi connectivity index (χ0n) is 15.8. The van der Waals surface area contributed by atoms with Crippen LogP contribution >= 0.6 is 22.9 Å². The number of amides is 1. The van der Waals surface area contributed by atoms with E-state index in [0.717, 1.165) is 16.9 Å². The third kappa shape index (κ3) is 4.72. The van der Waals surface area contributed by atoms with Gasteiger partial charge in [0.25, 0.3) is 10.0 Å². The Morgan fingerprint density at radius 2 is 2.03 bits per heavy atom. The molecule has 1 atom stereocenters. The van der Waals surface area contributed by atoms with E-state index < -0.39 is 15.9 Å². The molecule has 0 spiro atoms. The van der Waals surface area contributed by atoms with E-state index >= 15 is 0 Å². The number of thiophene rings is 1. The van der Waals surface area contributed by atoms with Gasteiger partial charge >= 0.3 is 6.01 Å². The van der Waals surface area contributed by atoms with Gasteiger partial charge in [0.2, 0.25) is 11.8 Å². The van der Waals surface area contributed by atoms with E-state index in [1.165, 1.54) is 10.4 Å². The average molecular weight is 467 g/mol. The molecule has 3 heterocycles. The van der Waals surface area contributed by atoms with Gasteiger partial charge in [-0.3, -0.25) is 10.1 Å². The number of nitrogens with zero attached hydrogens (tertiary/aromatic N) is 3. The van der Waals surface area contributed by atoms with Crippen molar-refractivity contribution in [2.75, 3.05) is 18.4 Å². The first-order valence-corrected chi connectivity index (χ1v) is 12.0. The Kier molecular flexibility index (Phi) is 6.19. The minimum Gasteiger partial charge on any atom is -0.407 e. The fourth-order valence-electron chi connectivity index (χ4n) is 3.29. The number of carbonyl (C=O) groups is 1. The summed E-state index contributed by atoms with van der Waals surface area (Å²) in [5.74, 6) is -0.457. The number of sulfonamides is 1. The van der Waals surface area contributed by atoms with Crippen LogP contribution in [0.3, 0.4) is 0 Å². The third-order valence-electron chi connectivity index (χ3n) is 4.79. The Bertz CT molecular complexity index is 1130. The second-order valence-electron chi connectivity index (χ2n) is 6.91. The number of hydrogen-bond donors (Lipinski definition) is 1. The van der Waals surface area contributed by atoms with Crippen molar-refractivity contribution >= 4 is 44.9 Å². The number of aromatic nitrogens is 2. The molecule has 1 N–H and O–H groups in total.